The molecule has 0 unspecified atom stereocenters. The van der Waals surface area contributed by atoms with Crippen LogP contribution in [0, 0.1) is 0 Å². The Labute approximate surface area is 92.0 Å². The van der Waals surface area contributed by atoms with Crippen molar-refractivity contribution in [2.45, 2.75) is 13.3 Å². The highest BCUT2D eigenvalue weighted by Crippen LogP contribution is 2.22. The molecule has 0 fully saturated rings. The summed E-state index contributed by atoms with van der Waals surface area (Å²) in [5.74, 6) is 0.519. The fraction of sp³-hybridized carbons (Fsp3) is 0.300. The van der Waals surface area contributed by atoms with E-state index in [2.05, 4.69) is 22.1 Å². The third-order valence-electron chi connectivity index (χ3n) is 1.98. The van der Waals surface area contributed by atoms with Gasteiger partial charge in [-0.25, -0.2) is 4.98 Å². The molecular weight excluding hydrogens is 210 g/mol. The van der Waals surface area contributed by atoms with Crippen molar-refractivity contribution in [3.8, 4) is 16.6 Å². The van der Waals surface area contributed by atoms with Gasteiger partial charge in [0.05, 0.1) is 12.8 Å². The summed E-state index contributed by atoms with van der Waals surface area (Å²) in [5, 5.41) is 10.9. The first-order chi connectivity index (χ1) is 7.33. The molecule has 0 atom stereocenters. The molecule has 2 aromatic heterocycles. The van der Waals surface area contributed by atoms with E-state index in [-0.39, 0.29) is 0 Å². The molecule has 2 aromatic rings. The van der Waals surface area contributed by atoms with Crippen LogP contribution < -0.4 is 4.74 Å². The zero-order valence-electron chi connectivity index (χ0n) is 8.60. The molecule has 0 saturated heterocycles. The van der Waals surface area contributed by atoms with Crippen LogP contribution in [0.25, 0.3) is 10.7 Å². The minimum absolute atomic E-state index is 0.519. The lowest BCUT2D eigenvalue weighted by molar-refractivity contribution is 0.392. The monoisotopic (exact) mass is 221 g/mol. The smallest absolute Gasteiger partial charge is 0.233 e. The van der Waals surface area contributed by atoms with Gasteiger partial charge in [0.1, 0.15) is 10.7 Å². The predicted molar refractivity (Wildman–Crippen MR) is 59.1 cm³/mol. The number of nitrogens with zero attached hydrogens (tertiary/aromatic N) is 3. The van der Waals surface area contributed by atoms with Gasteiger partial charge in [-0.15, -0.1) is 21.5 Å². The normalized spacial score (nSPS) is 10.3. The third kappa shape index (κ3) is 2.12. The van der Waals surface area contributed by atoms with E-state index in [1.54, 1.807) is 24.5 Å². The van der Waals surface area contributed by atoms with Gasteiger partial charge in [-0.2, -0.15) is 0 Å². The van der Waals surface area contributed by atoms with E-state index in [0.717, 1.165) is 22.8 Å². The van der Waals surface area contributed by atoms with Crippen LogP contribution in [0.1, 0.15) is 12.6 Å². The van der Waals surface area contributed by atoms with Crippen molar-refractivity contribution >= 4 is 11.3 Å². The van der Waals surface area contributed by atoms with Crippen molar-refractivity contribution in [2.75, 3.05) is 7.11 Å². The Morgan fingerprint density at radius 2 is 2.20 bits per heavy atom. The number of hydrogen-bond acceptors (Lipinski definition) is 5. The molecule has 4 nitrogen and oxygen atoms in total. The first-order valence-electron chi connectivity index (χ1n) is 4.66. The molecule has 2 rings (SSSR count). The maximum Gasteiger partial charge on any atom is 0.233 e. The number of hydrogen-bond donors (Lipinski definition) is 0. The second-order valence-electron chi connectivity index (χ2n) is 2.96. The van der Waals surface area contributed by atoms with Gasteiger partial charge in [-0.1, -0.05) is 6.92 Å². The minimum Gasteiger partial charge on any atom is -0.480 e. The fourth-order valence-corrected chi connectivity index (χ4v) is 2.00. The zero-order valence-corrected chi connectivity index (χ0v) is 9.41. The number of aromatic nitrogens is 3. The molecule has 0 aromatic carbocycles. The first-order valence-corrected chi connectivity index (χ1v) is 5.54. The van der Waals surface area contributed by atoms with Gasteiger partial charge in [0.2, 0.25) is 5.88 Å². The molecule has 0 radical (unpaired) electrons. The van der Waals surface area contributed by atoms with Crippen LogP contribution in [0.2, 0.25) is 0 Å². The molecule has 0 spiro atoms. The summed E-state index contributed by atoms with van der Waals surface area (Å²) < 4.78 is 4.94. The quantitative estimate of drug-likeness (QED) is 0.797. The lowest BCUT2D eigenvalue weighted by Crippen LogP contribution is -1.91. The van der Waals surface area contributed by atoms with E-state index >= 15 is 0 Å². The Kier molecular flexibility index (Phi) is 2.91. The van der Waals surface area contributed by atoms with Gasteiger partial charge in [0.25, 0.3) is 0 Å². The average molecular weight is 221 g/mol. The molecule has 5 heteroatoms. The largest absolute Gasteiger partial charge is 0.480 e. The fourth-order valence-electron chi connectivity index (χ4n) is 1.13. The van der Waals surface area contributed by atoms with E-state index in [1.165, 1.54) is 0 Å². The summed E-state index contributed by atoms with van der Waals surface area (Å²) in [6.45, 7) is 2.08. The lowest BCUT2D eigenvalue weighted by atomic mass is 10.4. The van der Waals surface area contributed by atoms with Crippen LogP contribution in [-0.2, 0) is 6.42 Å². The van der Waals surface area contributed by atoms with E-state index in [0.29, 0.717) is 5.88 Å². The first kappa shape index (κ1) is 10.0. The van der Waals surface area contributed by atoms with Crippen LogP contribution in [0.3, 0.4) is 0 Å². The molecular formula is C10H11N3OS. The third-order valence-corrected chi connectivity index (χ3v) is 2.90. The van der Waals surface area contributed by atoms with Crippen LogP contribution in [0.5, 0.6) is 5.88 Å². The van der Waals surface area contributed by atoms with Gasteiger partial charge in [-0.05, 0) is 12.5 Å². The maximum atomic E-state index is 4.94. The van der Waals surface area contributed by atoms with Crippen LogP contribution in [-0.4, -0.2) is 22.3 Å². The predicted octanol–water partition coefficient (Wildman–Crippen LogP) is 2.17. The second kappa shape index (κ2) is 4.35. The SMILES string of the molecule is CCc1csc(-c2ccc(OC)nn2)n1. The molecule has 0 bridgehead atoms. The van der Waals surface area contributed by atoms with Crippen molar-refractivity contribution in [1.82, 2.24) is 15.2 Å². The van der Waals surface area contributed by atoms with Crippen LogP contribution in [0.15, 0.2) is 17.5 Å². The summed E-state index contributed by atoms with van der Waals surface area (Å²) in [6, 6.07) is 3.65. The topological polar surface area (TPSA) is 47.9 Å². The van der Waals surface area contributed by atoms with Gasteiger partial charge < -0.3 is 4.74 Å². The van der Waals surface area contributed by atoms with Gasteiger partial charge in [-0.3, -0.25) is 0 Å². The van der Waals surface area contributed by atoms with Crippen molar-refractivity contribution in [1.29, 1.82) is 0 Å². The number of rotatable bonds is 3. The van der Waals surface area contributed by atoms with Crippen molar-refractivity contribution < 1.29 is 4.74 Å². The van der Waals surface area contributed by atoms with Crippen molar-refractivity contribution in [2.24, 2.45) is 0 Å². The zero-order chi connectivity index (χ0) is 10.7. The van der Waals surface area contributed by atoms with Crippen molar-refractivity contribution in [3.05, 3.63) is 23.2 Å². The molecule has 0 amide bonds. The molecule has 15 heavy (non-hydrogen) atoms. The summed E-state index contributed by atoms with van der Waals surface area (Å²) in [4.78, 5) is 4.43. The van der Waals surface area contributed by atoms with Crippen LogP contribution in [0.4, 0.5) is 0 Å². The van der Waals surface area contributed by atoms with Gasteiger partial charge in [0.15, 0.2) is 0 Å². The van der Waals surface area contributed by atoms with E-state index in [1.807, 2.05) is 11.4 Å². The van der Waals surface area contributed by atoms with E-state index in [4.69, 9.17) is 4.74 Å². The summed E-state index contributed by atoms with van der Waals surface area (Å²) in [7, 11) is 1.57. The van der Waals surface area contributed by atoms with Gasteiger partial charge in [0, 0.05) is 11.4 Å². The molecule has 78 valence electrons. The van der Waals surface area contributed by atoms with Gasteiger partial charge >= 0.3 is 0 Å². The Morgan fingerprint density at radius 3 is 2.73 bits per heavy atom. The number of ether oxygens (including phenoxy) is 1. The molecule has 0 N–H and O–H groups in total. The summed E-state index contributed by atoms with van der Waals surface area (Å²) >= 11 is 1.59. The Bertz CT molecular complexity index is 438. The highest BCUT2D eigenvalue weighted by atomic mass is 32.1. The molecule has 2 heterocycles. The molecule has 0 aliphatic heterocycles. The highest BCUT2D eigenvalue weighted by Gasteiger charge is 2.05. The minimum atomic E-state index is 0.519. The van der Waals surface area contributed by atoms with E-state index < -0.39 is 0 Å². The summed E-state index contributed by atoms with van der Waals surface area (Å²) in [6.07, 6.45) is 0.945. The summed E-state index contributed by atoms with van der Waals surface area (Å²) in [5.41, 5.74) is 1.88. The Balaban J connectivity index is 2.28. The van der Waals surface area contributed by atoms with E-state index in [9.17, 15) is 0 Å². The lowest BCUT2D eigenvalue weighted by Gasteiger charge is -1.97. The maximum absolute atomic E-state index is 4.94. The standard InChI is InChI=1S/C10H11N3OS/c1-3-7-6-15-10(11-7)8-4-5-9(14-2)13-12-8/h4-6H,3H2,1-2H3. The second-order valence-corrected chi connectivity index (χ2v) is 3.82. The highest BCUT2D eigenvalue weighted by molar-refractivity contribution is 7.13. The molecule has 0 aliphatic rings. The number of methoxy groups -OCH3 is 1. The number of thiazole rings is 1. The Morgan fingerprint density at radius 1 is 1.33 bits per heavy atom. The molecule has 0 aliphatic carbocycles. The van der Waals surface area contributed by atoms with Crippen molar-refractivity contribution in [3.63, 3.8) is 0 Å². The average Bonchev–Trinajstić information content (AvgIpc) is 2.78. The van der Waals surface area contributed by atoms with Crippen LogP contribution >= 0.6 is 11.3 Å². The number of aryl methyl sites for hydroxylation is 1. The molecule has 0 saturated carbocycles. The Hall–Kier alpha value is -1.49.